The van der Waals surface area contributed by atoms with E-state index in [2.05, 4.69) is 25.2 Å². The first-order valence-corrected chi connectivity index (χ1v) is 15.4. The van der Waals surface area contributed by atoms with E-state index in [1.807, 2.05) is 30.3 Å². The van der Waals surface area contributed by atoms with Crippen LogP contribution in [-0.2, 0) is 14.8 Å². The highest BCUT2D eigenvalue weighted by Crippen LogP contribution is 2.38. The fourth-order valence-electron chi connectivity index (χ4n) is 5.55. The van der Waals surface area contributed by atoms with Crippen LogP contribution in [0.5, 0.6) is 0 Å². The molecular weight excluding hydrogens is 516 g/mol. The first-order valence-electron chi connectivity index (χ1n) is 13.8. The second kappa shape index (κ2) is 12.0. The van der Waals surface area contributed by atoms with E-state index >= 15 is 0 Å². The molecule has 2 aliphatic heterocycles. The largest absolute Gasteiger partial charge is 0.384 e. The van der Waals surface area contributed by atoms with Crippen molar-refractivity contribution in [1.82, 2.24) is 15.0 Å². The molecule has 2 saturated heterocycles. The Kier molecular flexibility index (Phi) is 8.49. The first-order chi connectivity index (χ1) is 18.9. The molecular formula is C28H42N6O4S. The summed E-state index contributed by atoms with van der Waals surface area (Å²) >= 11 is 0. The van der Waals surface area contributed by atoms with Crippen LogP contribution in [-0.4, -0.2) is 70.2 Å². The number of sulfonamides is 1. The van der Waals surface area contributed by atoms with Crippen molar-refractivity contribution >= 4 is 38.8 Å². The number of benzene rings is 1. The number of piperidine rings is 1. The number of nitrogens with one attached hydrogen (secondary N) is 4. The molecule has 3 heterocycles. The Labute approximate surface area is 233 Å². The number of anilines is 3. The van der Waals surface area contributed by atoms with Gasteiger partial charge in [-0.15, -0.1) is 0 Å². The zero-order valence-electron chi connectivity index (χ0n) is 22.4. The van der Waals surface area contributed by atoms with Crippen LogP contribution in [0.15, 0.2) is 36.4 Å². The van der Waals surface area contributed by atoms with Crippen LogP contribution in [0.2, 0.25) is 0 Å². The zero-order valence-corrected chi connectivity index (χ0v) is 23.2. The molecule has 1 amide bonds. The predicted octanol–water partition coefficient (Wildman–Crippen LogP) is 3.77. The number of aromatic nitrogens is 1. The van der Waals surface area contributed by atoms with E-state index in [4.69, 9.17) is 10.1 Å². The van der Waals surface area contributed by atoms with Crippen LogP contribution in [0.3, 0.4) is 0 Å². The molecule has 0 bridgehead atoms. The average Bonchev–Trinajstić information content (AvgIpc) is 3.45. The minimum absolute atomic E-state index is 0. The van der Waals surface area contributed by atoms with Gasteiger partial charge >= 0.3 is 0 Å². The Bertz CT molecular complexity index is 1300. The van der Waals surface area contributed by atoms with Gasteiger partial charge in [-0.25, -0.2) is 18.1 Å². The quantitative estimate of drug-likeness (QED) is 0.324. The van der Waals surface area contributed by atoms with Crippen LogP contribution in [0.4, 0.5) is 17.2 Å². The molecule has 3 aliphatic rings. The number of nitrogens with zero attached hydrogens (tertiary/aromatic N) is 2. The monoisotopic (exact) mass is 558 g/mol. The van der Waals surface area contributed by atoms with Gasteiger partial charge in [0, 0.05) is 53.5 Å². The molecule has 4 N–H and O–H groups in total. The molecule has 1 saturated carbocycles. The van der Waals surface area contributed by atoms with Crippen molar-refractivity contribution < 1.29 is 20.8 Å². The highest BCUT2D eigenvalue weighted by atomic mass is 32.2. The normalized spacial score (nSPS) is 20.4. The summed E-state index contributed by atoms with van der Waals surface area (Å²) in [4.78, 5) is 20.2. The van der Waals surface area contributed by atoms with Crippen LogP contribution in [0.25, 0.3) is 0 Å². The third kappa shape index (κ3) is 6.26. The van der Waals surface area contributed by atoms with Crippen molar-refractivity contribution in [1.29, 1.82) is 5.41 Å². The van der Waals surface area contributed by atoms with Gasteiger partial charge < -0.3 is 25.7 Å². The summed E-state index contributed by atoms with van der Waals surface area (Å²) in [5, 5.41) is 14.9. The maximum atomic E-state index is 13.4. The van der Waals surface area contributed by atoms with Crippen molar-refractivity contribution in [2.24, 2.45) is 11.8 Å². The molecule has 214 valence electrons. The number of pyridine rings is 1. The smallest absolute Gasteiger partial charge is 0.283 e. The van der Waals surface area contributed by atoms with Gasteiger partial charge in [0.25, 0.3) is 5.91 Å². The van der Waals surface area contributed by atoms with Crippen LogP contribution >= 0.6 is 0 Å². The Morgan fingerprint density at radius 2 is 1.92 bits per heavy atom. The molecule has 10 nitrogen and oxygen atoms in total. The summed E-state index contributed by atoms with van der Waals surface area (Å²) in [6.45, 7) is 3.12. The SMILES string of the molecule is COCC1CCN(c2cc(C(=O)NS(=O)(=O)C3CCNC3)nc(Nc3ccccc3)c2C(=N)C2CCC2)CC1.[HH].[HH]. The summed E-state index contributed by atoms with van der Waals surface area (Å²) in [5.74, 6) is 0.246. The van der Waals surface area contributed by atoms with E-state index in [9.17, 15) is 13.2 Å². The van der Waals surface area contributed by atoms with Crippen LogP contribution in [0.1, 0.15) is 57.4 Å². The van der Waals surface area contributed by atoms with Gasteiger partial charge in [0.15, 0.2) is 0 Å². The van der Waals surface area contributed by atoms with Gasteiger partial charge in [0.1, 0.15) is 11.5 Å². The van der Waals surface area contributed by atoms with Crippen LogP contribution < -0.4 is 20.3 Å². The van der Waals surface area contributed by atoms with Crippen molar-refractivity contribution in [3.05, 3.63) is 47.7 Å². The Balaban J connectivity index is 0.00000231. The molecule has 3 fully saturated rings. The lowest BCUT2D eigenvalue weighted by molar-refractivity contribution is 0.0976. The summed E-state index contributed by atoms with van der Waals surface area (Å²) < 4.78 is 33.5. The van der Waals surface area contributed by atoms with Crippen molar-refractivity contribution in [2.75, 3.05) is 50.1 Å². The molecule has 1 aromatic heterocycles. The van der Waals surface area contributed by atoms with Gasteiger partial charge in [-0.3, -0.25) is 4.79 Å². The van der Waals surface area contributed by atoms with Gasteiger partial charge in [-0.2, -0.15) is 0 Å². The Morgan fingerprint density at radius 1 is 1.18 bits per heavy atom. The topological polar surface area (TPSA) is 137 Å². The summed E-state index contributed by atoms with van der Waals surface area (Å²) in [6.07, 6.45) is 5.31. The molecule has 39 heavy (non-hydrogen) atoms. The lowest BCUT2D eigenvalue weighted by atomic mass is 9.79. The molecule has 5 rings (SSSR count). The van der Waals surface area contributed by atoms with E-state index in [-0.39, 0.29) is 14.5 Å². The van der Waals surface area contributed by atoms with Gasteiger partial charge in [-0.05, 0) is 62.8 Å². The van der Waals surface area contributed by atoms with E-state index in [1.54, 1.807) is 13.2 Å². The lowest BCUT2D eigenvalue weighted by Crippen LogP contribution is -2.40. The molecule has 1 aliphatic carbocycles. The van der Waals surface area contributed by atoms with Crippen LogP contribution in [0, 0.1) is 17.2 Å². The van der Waals surface area contributed by atoms with Crippen molar-refractivity contribution in [3.63, 3.8) is 0 Å². The summed E-state index contributed by atoms with van der Waals surface area (Å²) in [5.41, 5.74) is 2.74. The highest BCUT2D eigenvalue weighted by molar-refractivity contribution is 7.90. The molecule has 1 aromatic carbocycles. The fraction of sp³-hybridized carbons (Fsp3) is 0.536. The number of hydrogen-bond donors (Lipinski definition) is 4. The average molecular weight is 559 g/mol. The number of para-hydroxylation sites is 1. The molecule has 1 unspecified atom stereocenters. The van der Waals surface area contributed by atoms with Crippen molar-refractivity contribution in [2.45, 2.75) is 43.8 Å². The number of hydrogen-bond acceptors (Lipinski definition) is 9. The third-order valence-electron chi connectivity index (χ3n) is 8.10. The van der Waals surface area contributed by atoms with Gasteiger partial charge in [0.05, 0.1) is 16.5 Å². The number of carbonyl (C=O) groups excluding carboxylic acids is 1. The zero-order chi connectivity index (χ0) is 27.4. The van der Waals surface area contributed by atoms with E-state index in [1.165, 1.54) is 0 Å². The first kappa shape index (κ1) is 27.5. The van der Waals surface area contributed by atoms with E-state index in [0.29, 0.717) is 49.1 Å². The minimum atomic E-state index is -3.86. The highest BCUT2D eigenvalue weighted by Gasteiger charge is 2.34. The van der Waals surface area contributed by atoms with Gasteiger partial charge in [-0.1, -0.05) is 24.6 Å². The van der Waals surface area contributed by atoms with E-state index < -0.39 is 21.2 Å². The van der Waals surface area contributed by atoms with Gasteiger partial charge in [0.2, 0.25) is 10.0 Å². The Morgan fingerprint density at radius 3 is 2.54 bits per heavy atom. The second-order valence-corrected chi connectivity index (χ2v) is 12.7. The third-order valence-corrected chi connectivity index (χ3v) is 9.85. The standard InChI is InChI=1S/C28H38N6O4S.2H2/c1-38-18-19-11-14-34(15-12-19)24-16-23(28(35)33-39(36,37)22-10-13-30-17-22)32-27(31-21-8-3-2-4-9-21)25(24)26(29)20-6-5-7-20;;/h2-4,8-9,16,19-20,22,29-30H,5-7,10-15,17-18H2,1H3,(H,31,32)(H,33,35);2*1H. The number of amides is 1. The summed E-state index contributed by atoms with van der Waals surface area (Å²) in [7, 11) is -2.14. The molecule has 0 spiro atoms. The summed E-state index contributed by atoms with van der Waals surface area (Å²) in [6, 6.07) is 11.2. The molecule has 11 heteroatoms. The number of carbonyl (C=O) groups is 1. The number of methoxy groups -OCH3 is 1. The maximum Gasteiger partial charge on any atom is 0.283 e. The van der Waals surface area contributed by atoms with Crippen molar-refractivity contribution in [3.8, 4) is 0 Å². The number of rotatable bonds is 10. The number of ether oxygens (including phenoxy) is 1. The molecule has 1 atom stereocenters. The molecule has 2 aromatic rings. The fourth-order valence-corrected chi connectivity index (χ4v) is 6.84. The van der Waals surface area contributed by atoms with E-state index in [0.717, 1.165) is 56.6 Å². The minimum Gasteiger partial charge on any atom is -0.384 e. The predicted molar refractivity (Wildman–Crippen MR) is 157 cm³/mol. The maximum absolute atomic E-state index is 13.4. The molecule has 0 radical (unpaired) electrons. The second-order valence-electron chi connectivity index (χ2n) is 10.8. The lowest BCUT2D eigenvalue weighted by Gasteiger charge is -2.36. The Hall–Kier alpha value is -3.02.